The molecule has 23 heavy (non-hydrogen) atoms. The minimum absolute atomic E-state index is 0.0185. The van der Waals surface area contributed by atoms with Crippen molar-refractivity contribution in [3.63, 3.8) is 0 Å². The highest BCUT2D eigenvalue weighted by atomic mass is 16.1. The number of benzene rings is 1. The van der Waals surface area contributed by atoms with Gasteiger partial charge < -0.3 is 5.32 Å². The van der Waals surface area contributed by atoms with Crippen LogP contribution in [0, 0.1) is 5.92 Å². The number of fused-ring (bicyclic) bond motifs is 3. The number of aromatic nitrogens is 1. The summed E-state index contributed by atoms with van der Waals surface area (Å²) in [5.41, 5.74) is 4.66. The molecule has 0 radical (unpaired) electrons. The van der Waals surface area contributed by atoms with Crippen LogP contribution in [0.15, 0.2) is 42.5 Å². The lowest BCUT2D eigenvalue weighted by Crippen LogP contribution is -2.09. The Morgan fingerprint density at radius 1 is 1.04 bits per heavy atom. The van der Waals surface area contributed by atoms with E-state index in [0.717, 1.165) is 33.4 Å². The first-order chi connectivity index (χ1) is 11.0. The smallest absolute Gasteiger partial charge is 0.165 e. The van der Waals surface area contributed by atoms with Gasteiger partial charge in [-0.3, -0.25) is 4.79 Å². The summed E-state index contributed by atoms with van der Waals surface area (Å²) in [6.45, 7) is 8.07. The number of nitrogens with zero attached hydrogens (tertiary/aromatic N) is 1. The highest BCUT2D eigenvalue weighted by Gasteiger charge is 2.16. The van der Waals surface area contributed by atoms with Gasteiger partial charge >= 0.3 is 0 Å². The second-order valence-electron chi connectivity index (χ2n) is 6.56. The van der Waals surface area contributed by atoms with E-state index in [1.54, 1.807) is 0 Å². The number of carbonyl (C=O) groups excluding carboxylic acids is 1. The van der Waals surface area contributed by atoms with Crippen LogP contribution < -0.4 is 5.32 Å². The number of ketones is 1. The fraction of sp³-hybridized carbons (Fsp3) is 0.300. The van der Waals surface area contributed by atoms with Gasteiger partial charge in [0.15, 0.2) is 5.78 Å². The molecule has 1 N–H and O–H groups in total. The third-order valence-corrected chi connectivity index (χ3v) is 3.92. The number of nitrogens with one attached hydrogen (secondary N) is 1. The first-order valence-corrected chi connectivity index (χ1v) is 8.10. The molecular formula is C20H22N2O. The Hall–Kier alpha value is -2.42. The highest BCUT2D eigenvalue weighted by Crippen LogP contribution is 2.34. The maximum atomic E-state index is 12.3. The Balaban J connectivity index is 2.21. The lowest BCUT2D eigenvalue weighted by atomic mass is 10.0. The second kappa shape index (κ2) is 5.99. The van der Waals surface area contributed by atoms with Gasteiger partial charge in [0.05, 0.1) is 16.9 Å². The van der Waals surface area contributed by atoms with Crippen molar-refractivity contribution in [2.24, 2.45) is 5.92 Å². The maximum Gasteiger partial charge on any atom is 0.165 e. The lowest BCUT2D eigenvalue weighted by Gasteiger charge is -2.10. The minimum atomic E-state index is -0.0185. The van der Waals surface area contributed by atoms with E-state index < -0.39 is 0 Å². The Kier molecular flexibility index (Phi) is 4.03. The molecule has 0 atom stereocenters. The normalized spacial score (nSPS) is 11.6. The summed E-state index contributed by atoms with van der Waals surface area (Å²) in [5, 5.41) is 4.56. The van der Waals surface area contributed by atoms with Gasteiger partial charge in [-0.05, 0) is 26.0 Å². The molecule has 2 aliphatic rings. The average molecular weight is 306 g/mol. The molecule has 0 amide bonds. The van der Waals surface area contributed by atoms with E-state index >= 15 is 0 Å². The zero-order valence-corrected chi connectivity index (χ0v) is 14.1. The summed E-state index contributed by atoms with van der Waals surface area (Å²) in [6.07, 6.45) is 0. The van der Waals surface area contributed by atoms with Gasteiger partial charge in [-0.1, -0.05) is 44.2 Å². The van der Waals surface area contributed by atoms with Crippen molar-refractivity contribution >= 4 is 22.4 Å². The molecule has 0 saturated heterocycles. The van der Waals surface area contributed by atoms with Crippen molar-refractivity contribution in [1.82, 2.24) is 4.98 Å². The van der Waals surface area contributed by atoms with E-state index in [1.165, 1.54) is 0 Å². The molecule has 0 aromatic heterocycles. The molecule has 1 aromatic rings. The van der Waals surface area contributed by atoms with E-state index in [1.807, 2.05) is 50.2 Å². The summed E-state index contributed by atoms with van der Waals surface area (Å²) in [7, 11) is 0. The summed E-state index contributed by atoms with van der Waals surface area (Å²) in [6, 6.07) is 14.3. The number of Topliss-reactive ketones (excluding diaryl/α,β-unsaturated/α-hetero) is 1. The Bertz CT molecular complexity index is 836. The average Bonchev–Trinajstić information content (AvgIpc) is 2.71. The van der Waals surface area contributed by atoms with E-state index in [-0.39, 0.29) is 11.7 Å². The van der Waals surface area contributed by atoms with Crippen LogP contribution >= 0.6 is 0 Å². The third-order valence-electron chi connectivity index (χ3n) is 3.92. The van der Waals surface area contributed by atoms with Gasteiger partial charge in [0.2, 0.25) is 0 Å². The molecule has 1 heterocycles. The van der Waals surface area contributed by atoms with Crippen LogP contribution in [0.3, 0.4) is 0 Å². The van der Waals surface area contributed by atoms with Crippen molar-refractivity contribution in [3.8, 4) is 11.3 Å². The van der Waals surface area contributed by atoms with Gasteiger partial charge in [0.25, 0.3) is 0 Å². The van der Waals surface area contributed by atoms with Crippen molar-refractivity contribution in [3.05, 3.63) is 48.0 Å². The quantitative estimate of drug-likeness (QED) is 0.690. The maximum absolute atomic E-state index is 12.3. The summed E-state index contributed by atoms with van der Waals surface area (Å²) >= 11 is 0. The predicted molar refractivity (Wildman–Crippen MR) is 96.3 cm³/mol. The molecule has 0 bridgehead atoms. The van der Waals surface area contributed by atoms with Crippen LogP contribution in [0.1, 0.15) is 38.1 Å². The van der Waals surface area contributed by atoms with Gasteiger partial charge in [-0.2, -0.15) is 0 Å². The highest BCUT2D eigenvalue weighted by molar-refractivity contribution is 6.05. The standard InChI is InChI=1S/C20H22N2O/c1-12(2)20(23)14-7-5-8-15-16-9-6-10-17(21-13(3)4)19(16)22-18(15)11-14/h5-13,21H,1-4H3. The largest absolute Gasteiger partial charge is 0.381 e. The predicted octanol–water partition coefficient (Wildman–Crippen LogP) is 5.00. The molecule has 3 nitrogen and oxygen atoms in total. The first-order valence-electron chi connectivity index (χ1n) is 8.10. The number of para-hydroxylation sites is 1. The van der Waals surface area contributed by atoms with Crippen molar-refractivity contribution in [1.29, 1.82) is 0 Å². The fourth-order valence-electron chi connectivity index (χ4n) is 2.84. The number of hydrogen-bond acceptors (Lipinski definition) is 3. The minimum Gasteiger partial charge on any atom is -0.381 e. The van der Waals surface area contributed by atoms with Crippen LogP contribution in [0.2, 0.25) is 0 Å². The Labute approximate surface area is 137 Å². The monoisotopic (exact) mass is 306 g/mol. The second-order valence-corrected chi connectivity index (χ2v) is 6.56. The van der Waals surface area contributed by atoms with Crippen LogP contribution in [0.5, 0.6) is 0 Å². The number of rotatable bonds is 4. The fourth-order valence-corrected chi connectivity index (χ4v) is 2.84. The van der Waals surface area contributed by atoms with Gasteiger partial charge in [-0.15, -0.1) is 0 Å². The third kappa shape index (κ3) is 2.91. The molecule has 0 unspecified atom stereocenters. The molecule has 118 valence electrons. The summed E-state index contributed by atoms with van der Waals surface area (Å²) < 4.78 is 0. The van der Waals surface area contributed by atoms with Crippen LogP contribution in [-0.2, 0) is 0 Å². The molecular weight excluding hydrogens is 284 g/mol. The molecule has 1 aliphatic carbocycles. The van der Waals surface area contributed by atoms with Crippen LogP contribution in [0.25, 0.3) is 22.2 Å². The number of hydrogen-bond donors (Lipinski definition) is 1. The lowest BCUT2D eigenvalue weighted by molar-refractivity contribution is 0.0939. The van der Waals surface area contributed by atoms with Gasteiger partial charge in [-0.25, -0.2) is 4.98 Å². The molecule has 1 aromatic carbocycles. The van der Waals surface area contributed by atoms with Crippen molar-refractivity contribution in [2.45, 2.75) is 33.7 Å². The van der Waals surface area contributed by atoms with Crippen LogP contribution in [0.4, 0.5) is 5.69 Å². The van der Waals surface area contributed by atoms with E-state index in [4.69, 9.17) is 4.98 Å². The SMILES string of the molecule is CC(C)Nc1cccc2c3cccc(C(=O)C(C)C)cc-3nc12. The Morgan fingerprint density at radius 2 is 1.78 bits per heavy atom. The zero-order valence-electron chi connectivity index (χ0n) is 14.1. The Morgan fingerprint density at radius 3 is 2.48 bits per heavy atom. The molecule has 0 fully saturated rings. The molecule has 3 heteroatoms. The molecule has 0 spiro atoms. The topological polar surface area (TPSA) is 42.0 Å². The van der Waals surface area contributed by atoms with E-state index in [9.17, 15) is 4.79 Å². The molecule has 1 aliphatic heterocycles. The number of anilines is 1. The van der Waals surface area contributed by atoms with E-state index in [2.05, 4.69) is 25.2 Å². The summed E-state index contributed by atoms with van der Waals surface area (Å²) in [4.78, 5) is 17.1. The molecule has 3 rings (SSSR count). The zero-order chi connectivity index (χ0) is 16.6. The van der Waals surface area contributed by atoms with Crippen molar-refractivity contribution < 1.29 is 4.79 Å². The molecule has 0 saturated carbocycles. The van der Waals surface area contributed by atoms with Gasteiger partial charge in [0.1, 0.15) is 0 Å². The van der Waals surface area contributed by atoms with E-state index in [0.29, 0.717) is 6.04 Å². The first kappa shape index (κ1) is 15.5. The van der Waals surface area contributed by atoms with Gasteiger partial charge in [0, 0.05) is 28.5 Å². The summed E-state index contributed by atoms with van der Waals surface area (Å²) in [5.74, 6) is 0.130. The number of carbonyl (C=O) groups is 1. The van der Waals surface area contributed by atoms with Crippen LogP contribution in [-0.4, -0.2) is 16.8 Å². The van der Waals surface area contributed by atoms with Crippen molar-refractivity contribution in [2.75, 3.05) is 5.32 Å².